The molecular formula is C19H30N4. The molecule has 0 bridgehead atoms. The zero-order valence-corrected chi connectivity index (χ0v) is 15.4. The lowest BCUT2D eigenvalue weighted by Gasteiger charge is -2.20. The highest BCUT2D eigenvalue weighted by molar-refractivity contribution is 5.39. The Morgan fingerprint density at radius 3 is 1.74 bits per heavy atom. The Bertz CT molecular complexity index is 632. The van der Waals surface area contributed by atoms with Crippen molar-refractivity contribution >= 4 is 11.6 Å². The molecule has 0 aromatic carbocycles. The van der Waals surface area contributed by atoms with Crippen LogP contribution in [-0.4, -0.2) is 9.97 Å². The van der Waals surface area contributed by atoms with Crippen LogP contribution in [-0.2, 0) is 10.8 Å². The fraction of sp³-hybridized carbons (Fsp3) is 0.474. The molecule has 0 aliphatic rings. The number of aromatic nitrogens is 2. The van der Waals surface area contributed by atoms with Crippen LogP contribution in [0.4, 0.5) is 11.6 Å². The van der Waals surface area contributed by atoms with E-state index >= 15 is 0 Å². The number of anilines is 2. The largest absolute Gasteiger partial charge is 0.384 e. The molecule has 0 spiro atoms. The third-order valence-corrected chi connectivity index (χ3v) is 3.59. The summed E-state index contributed by atoms with van der Waals surface area (Å²) in [4.78, 5) is 8.11. The second kappa shape index (κ2) is 6.99. The van der Waals surface area contributed by atoms with Gasteiger partial charge in [0.05, 0.1) is 0 Å². The number of rotatable bonds is 0. The van der Waals surface area contributed by atoms with Gasteiger partial charge in [0.15, 0.2) is 0 Å². The van der Waals surface area contributed by atoms with Gasteiger partial charge in [0.2, 0.25) is 0 Å². The number of nitrogens with two attached hydrogens (primary N) is 2. The molecule has 2 heterocycles. The SMILES string of the molecule is CC(C)(C)c1ccc(N)nc1.Cc1cc(N)ncc1C(C)(C)C. The molecule has 4 N–H and O–H groups in total. The summed E-state index contributed by atoms with van der Waals surface area (Å²) in [6.07, 6.45) is 3.69. The Hall–Kier alpha value is -2.10. The number of nitrogen functional groups attached to an aromatic ring is 2. The van der Waals surface area contributed by atoms with Crippen LogP contribution in [0, 0.1) is 6.92 Å². The minimum atomic E-state index is 0.158. The van der Waals surface area contributed by atoms with Gasteiger partial charge in [-0.25, -0.2) is 9.97 Å². The van der Waals surface area contributed by atoms with Gasteiger partial charge in [-0.2, -0.15) is 0 Å². The van der Waals surface area contributed by atoms with Crippen molar-refractivity contribution in [3.63, 3.8) is 0 Å². The van der Waals surface area contributed by atoms with Crippen molar-refractivity contribution in [3.8, 4) is 0 Å². The van der Waals surface area contributed by atoms with Gasteiger partial charge in [-0.15, -0.1) is 0 Å². The Morgan fingerprint density at radius 2 is 1.35 bits per heavy atom. The van der Waals surface area contributed by atoms with Crippen LogP contribution in [0.3, 0.4) is 0 Å². The van der Waals surface area contributed by atoms with Crippen LogP contribution in [0.1, 0.15) is 58.2 Å². The maximum absolute atomic E-state index is 5.56. The first-order valence-electron chi connectivity index (χ1n) is 7.86. The molecule has 23 heavy (non-hydrogen) atoms. The first-order chi connectivity index (χ1) is 10.4. The van der Waals surface area contributed by atoms with Crippen molar-refractivity contribution in [2.75, 3.05) is 11.5 Å². The third-order valence-electron chi connectivity index (χ3n) is 3.59. The quantitative estimate of drug-likeness (QED) is 0.762. The topological polar surface area (TPSA) is 77.8 Å². The molecule has 2 rings (SSSR count). The van der Waals surface area contributed by atoms with Crippen molar-refractivity contribution in [2.24, 2.45) is 0 Å². The smallest absolute Gasteiger partial charge is 0.123 e. The molecular weight excluding hydrogens is 284 g/mol. The highest BCUT2D eigenvalue weighted by atomic mass is 14.8. The van der Waals surface area contributed by atoms with E-state index in [2.05, 4.69) is 58.4 Å². The zero-order valence-electron chi connectivity index (χ0n) is 15.4. The molecule has 0 saturated carbocycles. The minimum absolute atomic E-state index is 0.158. The molecule has 0 atom stereocenters. The maximum Gasteiger partial charge on any atom is 0.123 e. The number of aryl methyl sites for hydroxylation is 1. The average Bonchev–Trinajstić information content (AvgIpc) is 2.37. The van der Waals surface area contributed by atoms with Crippen LogP contribution in [0.2, 0.25) is 0 Å². The monoisotopic (exact) mass is 314 g/mol. The van der Waals surface area contributed by atoms with Crippen LogP contribution in [0.15, 0.2) is 30.6 Å². The van der Waals surface area contributed by atoms with Gasteiger partial charge in [0.25, 0.3) is 0 Å². The van der Waals surface area contributed by atoms with Gasteiger partial charge in [-0.1, -0.05) is 47.6 Å². The van der Waals surface area contributed by atoms with Crippen LogP contribution < -0.4 is 11.5 Å². The fourth-order valence-electron chi connectivity index (χ4n) is 2.21. The lowest BCUT2D eigenvalue weighted by molar-refractivity contribution is 0.583. The third kappa shape index (κ3) is 5.89. The summed E-state index contributed by atoms with van der Waals surface area (Å²) in [5.74, 6) is 1.18. The van der Waals surface area contributed by atoms with E-state index in [-0.39, 0.29) is 10.8 Å². The Labute approximate surface area is 140 Å². The van der Waals surface area contributed by atoms with E-state index in [0.29, 0.717) is 11.6 Å². The second-order valence-electron chi connectivity index (χ2n) is 7.90. The van der Waals surface area contributed by atoms with Crippen molar-refractivity contribution in [1.29, 1.82) is 0 Å². The van der Waals surface area contributed by atoms with Gasteiger partial charge in [0.1, 0.15) is 11.6 Å². The summed E-state index contributed by atoms with van der Waals surface area (Å²) < 4.78 is 0. The molecule has 0 aliphatic carbocycles. The van der Waals surface area contributed by atoms with Crippen LogP contribution in [0.5, 0.6) is 0 Å². The molecule has 4 heteroatoms. The van der Waals surface area contributed by atoms with Crippen molar-refractivity contribution in [3.05, 3.63) is 47.3 Å². The highest BCUT2D eigenvalue weighted by Gasteiger charge is 2.16. The Balaban J connectivity index is 0.000000231. The zero-order chi connectivity index (χ0) is 17.8. The molecule has 2 aromatic heterocycles. The highest BCUT2D eigenvalue weighted by Crippen LogP contribution is 2.25. The predicted octanol–water partition coefficient (Wildman–Crippen LogP) is 4.23. The molecule has 0 fully saturated rings. The minimum Gasteiger partial charge on any atom is -0.384 e. The molecule has 0 saturated heterocycles. The Morgan fingerprint density at radius 1 is 0.783 bits per heavy atom. The summed E-state index contributed by atoms with van der Waals surface area (Å²) in [5, 5.41) is 0. The average molecular weight is 314 g/mol. The fourth-order valence-corrected chi connectivity index (χ4v) is 2.21. The second-order valence-corrected chi connectivity index (χ2v) is 7.90. The standard InChI is InChI=1S/C10H16N2.C9H14N2/c1-7-5-9(11)12-6-8(7)10(2,3)4;1-9(2,3)7-4-5-8(10)11-6-7/h5-6H,1-4H3,(H2,11,12);4-6H,1-3H3,(H2,10,11). The Kier molecular flexibility index (Phi) is 5.75. The summed E-state index contributed by atoms with van der Waals surface area (Å²) in [6, 6.07) is 5.77. The van der Waals surface area contributed by atoms with Crippen molar-refractivity contribution in [1.82, 2.24) is 9.97 Å². The molecule has 0 unspecified atom stereocenters. The van der Waals surface area contributed by atoms with Gasteiger partial charge in [0, 0.05) is 12.4 Å². The molecule has 4 nitrogen and oxygen atoms in total. The number of nitrogens with zero attached hydrogens (tertiary/aromatic N) is 2. The van der Waals surface area contributed by atoms with Gasteiger partial charge < -0.3 is 11.5 Å². The summed E-state index contributed by atoms with van der Waals surface area (Å²) >= 11 is 0. The van der Waals surface area contributed by atoms with Crippen molar-refractivity contribution < 1.29 is 0 Å². The number of hydrogen-bond donors (Lipinski definition) is 2. The molecule has 0 radical (unpaired) electrons. The van der Waals surface area contributed by atoms with E-state index < -0.39 is 0 Å². The molecule has 0 amide bonds. The van der Waals surface area contributed by atoms with E-state index in [0.717, 1.165) is 0 Å². The van der Waals surface area contributed by atoms with Gasteiger partial charge in [-0.3, -0.25) is 0 Å². The van der Waals surface area contributed by atoms with Crippen molar-refractivity contribution in [2.45, 2.75) is 59.3 Å². The molecule has 126 valence electrons. The maximum atomic E-state index is 5.56. The van der Waals surface area contributed by atoms with E-state index in [1.807, 2.05) is 30.6 Å². The van der Waals surface area contributed by atoms with E-state index in [4.69, 9.17) is 11.5 Å². The predicted molar refractivity (Wildman–Crippen MR) is 99.4 cm³/mol. The number of pyridine rings is 2. The first kappa shape index (κ1) is 18.9. The van der Waals surface area contributed by atoms with Gasteiger partial charge in [-0.05, 0) is 46.6 Å². The number of hydrogen-bond acceptors (Lipinski definition) is 4. The van der Waals surface area contributed by atoms with E-state index in [1.54, 1.807) is 0 Å². The van der Waals surface area contributed by atoms with E-state index in [1.165, 1.54) is 16.7 Å². The van der Waals surface area contributed by atoms with Gasteiger partial charge >= 0.3 is 0 Å². The summed E-state index contributed by atoms with van der Waals surface area (Å²) in [5.41, 5.74) is 15.0. The first-order valence-corrected chi connectivity index (χ1v) is 7.86. The van der Waals surface area contributed by atoms with E-state index in [9.17, 15) is 0 Å². The van der Waals surface area contributed by atoms with Crippen LogP contribution in [0.25, 0.3) is 0 Å². The lowest BCUT2D eigenvalue weighted by atomic mass is 9.85. The lowest BCUT2D eigenvalue weighted by Crippen LogP contribution is -2.13. The summed E-state index contributed by atoms with van der Waals surface area (Å²) in [6.45, 7) is 15.0. The molecule has 2 aromatic rings. The normalized spacial score (nSPS) is 11.6. The van der Waals surface area contributed by atoms with Crippen LogP contribution >= 0.6 is 0 Å². The summed E-state index contributed by atoms with van der Waals surface area (Å²) in [7, 11) is 0. The molecule has 0 aliphatic heterocycles.